The highest BCUT2D eigenvalue weighted by Gasteiger charge is 2.25. The van der Waals surface area contributed by atoms with E-state index in [1.54, 1.807) is 6.92 Å². The molecule has 0 radical (unpaired) electrons. The quantitative estimate of drug-likeness (QED) is 0.681. The lowest BCUT2D eigenvalue weighted by atomic mass is 10.3. The van der Waals surface area contributed by atoms with Crippen LogP contribution in [0.25, 0.3) is 0 Å². The summed E-state index contributed by atoms with van der Waals surface area (Å²) >= 11 is 0. The molecule has 104 valence electrons. The van der Waals surface area contributed by atoms with Gasteiger partial charge in [-0.3, -0.25) is 14.4 Å². The zero-order chi connectivity index (χ0) is 14.4. The van der Waals surface area contributed by atoms with Crippen LogP contribution in [0.1, 0.15) is 16.2 Å². The van der Waals surface area contributed by atoms with Crippen LogP contribution in [0, 0.1) is 6.92 Å². The third kappa shape index (κ3) is 4.09. The summed E-state index contributed by atoms with van der Waals surface area (Å²) in [5, 5.41) is 3.56. The van der Waals surface area contributed by atoms with Gasteiger partial charge in [0, 0.05) is 6.07 Å². The summed E-state index contributed by atoms with van der Waals surface area (Å²) in [4.78, 5) is 35.4. The highest BCUT2D eigenvalue weighted by molar-refractivity contribution is 5.95. The maximum Gasteiger partial charge on any atom is 0.325 e. The molecule has 1 rings (SSSR count). The van der Waals surface area contributed by atoms with Gasteiger partial charge in [-0.1, -0.05) is 5.16 Å². The van der Waals surface area contributed by atoms with E-state index in [9.17, 15) is 14.4 Å². The van der Waals surface area contributed by atoms with Gasteiger partial charge in [-0.2, -0.15) is 0 Å². The summed E-state index contributed by atoms with van der Waals surface area (Å²) in [6.45, 7) is 0.875. The highest BCUT2D eigenvalue weighted by atomic mass is 16.5. The van der Waals surface area contributed by atoms with Crippen molar-refractivity contribution in [1.29, 1.82) is 0 Å². The standard InChI is InChI=1S/C11H14N2O6/c1-7-4-8(19-12-7)11(16)13(5-9(14)17-2)6-10(15)18-3/h4H,5-6H2,1-3H3. The molecule has 1 aromatic rings. The molecule has 0 aliphatic carbocycles. The van der Waals surface area contributed by atoms with E-state index in [0.717, 1.165) is 4.90 Å². The number of hydrogen-bond acceptors (Lipinski definition) is 7. The number of carbonyl (C=O) groups excluding carboxylic acids is 3. The molecular formula is C11H14N2O6. The van der Waals surface area contributed by atoms with Crippen LogP contribution in [0.3, 0.4) is 0 Å². The van der Waals surface area contributed by atoms with Crippen molar-refractivity contribution in [1.82, 2.24) is 10.1 Å². The predicted molar refractivity (Wildman–Crippen MR) is 61.2 cm³/mol. The molecule has 8 heteroatoms. The molecule has 0 bridgehead atoms. The van der Waals surface area contributed by atoms with E-state index in [2.05, 4.69) is 14.6 Å². The summed E-state index contributed by atoms with van der Waals surface area (Å²) in [6, 6.07) is 1.41. The second-order valence-corrected chi connectivity index (χ2v) is 3.65. The molecule has 0 spiro atoms. The minimum Gasteiger partial charge on any atom is -0.468 e. The Hall–Kier alpha value is -2.38. The molecule has 0 N–H and O–H groups in total. The summed E-state index contributed by atoms with van der Waals surface area (Å²) in [5.41, 5.74) is 0.513. The van der Waals surface area contributed by atoms with Crippen molar-refractivity contribution in [3.63, 3.8) is 0 Å². The van der Waals surface area contributed by atoms with Gasteiger partial charge < -0.3 is 18.9 Å². The Bertz CT molecular complexity index is 463. The third-order valence-corrected chi connectivity index (χ3v) is 2.22. The Balaban J connectivity index is 2.85. The molecule has 1 aromatic heterocycles. The number of ether oxygens (including phenoxy) is 2. The number of methoxy groups -OCH3 is 2. The van der Waals surface area contributed by atoms with E-state index in [-0.39, 0.29) is 18.8 Å². The fraction of sp³-hybridized carbons (Fsp3) is 0.455. The molecule has 0 unspecified atom stereocenters. The van der Waals surface area contributed by atoms with Crippen molar-refractivity contribution in [3.8, 4) is 0 Å². The van der Waals surface area contributed by atoms with Gasteiger partial charge in [0.15, 0.2) is 0 Å². The highest BCUT2D eigenvalue weighted by Crippen LogP contribution is 2.07. The van der Waals surface area contributed by atoms with Crippen LogP contribution >= 0.6 is 0 Å². The number of nitrogens with zero attached hydrogens (tertiary/aromatic N) is 2. The van der Waals surface area contributed by atoms with E-state index < -0.39 is 17.8 Å². The number of amides is 1. The van der Waals surface area contributed by atoms with Crippen molar-refractivity contribution < 1.29 is 28.4 Å². The van der Waals surface area contributed by atoms with Crippen LogP contribution in [-0.4, -0.2) is 55.2 Å². The maximum atomic E-state index is 12.0. The first-order chi connectivity index (χ1) is 8.97. The first-order valence-electron chi connectivity index (χ1n) is 5.34. The number of esters is 2. The van der Waals surface area contributed by atoms with Gasteiger partial charge in [0.1, 0.15) is 13.1 Å². The van der Waals surface area contributed by atoms with Crippen LogP contribution in [-0.2, 0) is 19.1 Å². The van der Waals surface area contributed by atoms with Crippen molar-refractivity contribution in [2.24, 2.45) is 0 Å². The molecule has 19 heavy (non-hydrogen) atoms. The van der Waals surface area contributed by atoms with Gasteiger partial charge in [0.25, 0.3) is 5.91 Å². The summed E-state index contributed by atoms with van der Waals surface area (Å²) in [5.74, 6) is -2.02. The maximum absolute atomic E-state index is 12.0. The molecule has 0 atom stereocenters. The predicted octanol–water partition coefficient (Wildman–Crippen LogP) is -0.229. The molecule has 0 saturated carbocycles. The fourth-order valence-corrected chi connectivity index (χ4v) is 1.26. The molecular weight excluding hydrogens is 256 g/mol. The lowest BCUT2D eigenvalue weighted by Crippen LogP contribution is -2.40. The largest absolute Gasteiger partial charge is 0.468 e. The monoisotopic (exact) mass is 270 g/mol. The van der Waals surface area contributed by atoms with Gasteiger partial charge >= 0.3 is 11.9 Å². The van der Waals surface area contributed by atoms with Crippen LogP contribution < -0.4 is 0 Å². The first-order valence-corrected chi connectivity index (χ1v) is 5.34. The second kappa shape index (κ2) is 6.53. The summed E-state index contributed by atoms with van der Waals surface area (Å²) < 4.78 is 13.7. The van der Waals surface area contributed by atoms with Gasteiger partial charge in [-0.25, -0.2) is 0 Å². The SMILES string of the molecule is COC(=O)CN(CC(=O)OC)C(=O)c1cc(C)no1. The van der Waals surface area contributed by atoms with Crippen molar-refractivity contribution in [3.05, 3.63) is 17.5 Å². The van der Waals surface area contributed by atoms with E-state index in [1.807, 2.05) is 0 Å². The van der Waals surface area contributed by atoms with Crippen LogP contribution in [0.2, 0.25) is 0 Å². The zero-order valence-electron chi connectivity index (χ0n) is 10.8. The zero-order valence-corrected chi connectivity index (χ0v) is 10.8. The van der Waals surface area contributed by atoms with Crippen LogP contribution in [0.4, 0.5) is 0 Å². The fourth-order valence-electron chi connectivity index (χ4n) is 1.26. The molecule has 0 aliphatic heterocycles. The Morgan fingerprint density at radius 1 is 1.21 bits per heavy atom. The normalized spacial score (nSPS) is 9.84. The summed E-state index contributed by atoms with van der Waals surface area (Å²) in [6.07, 6.45) is 0. The van der Waals surface area contributed by atoms with E-state index >= 15 is 0 Å². The summed E-state index contributed by atoms with van der Waals surface area (Å²) in [7, 11) is 2.36. The number of carbonyl (C=O) groups is 3. The second-order valence-electron chi connectivity index (χ2n) is 3.65. The molecule has 0 aromatic carbocycles. The van der Waals surface area contributed by atoms with Crippen molar-refractivity contribution in [2.75, 3.05) is 27.3 Å². The van der Waals surface area contributed by atoms with E-state index in [1.165, 1.54) is 20.3 Å². The lowest BCUT2D eigenvalue weighted by Gasteiger charge is -2.18. The molecule has 8 nitrogen and oxygen atoms in total. The van der Waals surface area contributed by atoms with Crippen molar-refractivity contribution >= 4 is 17.8 Å². The number of aromatic nitrogens is 1. The Morgan fingerprint density at radius 2 is 1.74 bits per heavy atom. The first kappa shape index (κ1) is 14.7. The average molecular weight is 270 g/mol. The lowest BCUT2D eigenvalue weighted by molar-refractivity contribution is -0.144. The Kier molecular flexibility index (Phi) is 5.04. The third-order valence-electron chi connectivity index (χ3n) is 2.22. The van der Waals surface area contributed by atoms with Gasteiger partial charge in [0.05, 0.1) is 19.9 Å². The minimum atomic E-state index is -0.659. The molecule has 1 heterocycles. The van der Waals surface area contributed by atoms with Gasteiger partial charge in [-0.05, 0) is 6.92 Å². The van der Waals surface area contributed by atoms with E-state index in [0.29, 0.717) is 5.69 Å². The average Bonchev–Trinajstić information content (AvgIpc) is 2.83. The number of aryl methyl sites for hydroxylation is 1. The molecule has 0 aliphatic rings. The number of hydrogen-bond donors (Lipinski definition) is 0. The van der Waals surface area contributed by atoms with Gasteiger partial charge in [-0.15, -0.1) is 0 Å². The van der Waals surface area contributed by atoms with Crippen LogP contribution in [0.15, 0.2) is 10.6 Å². The molecule has 0 fully saturated rings. The Labute approximate surface area is 109 Å². The molecule has 0 saturated heterocycles. The smallest absolute Gasteiger partial charge is 0.325 e. The van der Waals surface area contributed by atoms with Crippen LogP contribution in [0.5, 0.6) is 0 Å². The minimum absolute atomic E-state index is 0.0645. The molecule has 1 amide bonds. The van der Waals surface area contributed by atoms with Gasteiger partial charge in [0.2, 0.25) is 5.76 Å². The van der Waals surface area contributed by atoms with Crippen molar-refractivity contribution in [2.45, 2.75) is 6.92 Å². The Morgan fingerprint density at radius 3 is 2.11 bits per heavy atom. The topological polar surface area (TPSA) is 98.9 Å². The van der Waals surface area contributed by atoms with E-state index in [4.69, 9.17) is 4.52 Å². The number of rotatable bonds is 5.